The largest absolute Gasteiger partial charge is 0.0911 e. The highest BCUT2D eigenvalue weighted by molar-refractivity contribution is 4.99. The van der Waals surface area contributed by atoms with Gasteiger partial charge in [-0.25, -0.2) is 0 Å². The van der Waals surface area contributed by atoms with Crippen LogP contribution in [0.3, 0.4) is 0 Å². The Morgan fingerprint density at radius 1 is 1.15 bits per heavy atom. The lowest BCUT2D eigenvalue weighted by Crippen LogP contribution is -2.21. The Kier molecular flexibility index (Phi) is 4.55. The Morgan fingerprint density at radius 3 is 2.38 bits per heavy atom. The Balaban J connectivity index is 2.50. The van der Waals surface area contributed by atoms with E-state index in [1.54, 1.807) is 0 Å². The van der Waals surface area contributed by atoms with Crippen LogP contribution in [0.25, 0.3) is 0 Å². The minimum absolute atomic E-state index is 0.600. The van der Waals surface area contributed by atoms with E-state index in [4.69, 9.17) is 0 Å². The van der Waals surface area contributed by atoms with Crippen molar-refractivity contribution in [3.8, 4) is 0 Å². The van der Waals surface area contributed by atoms with Gasteiger partial charge < -0.3 is 0 Å². The van der Waals surface area contributed by atoms with Crippen LogP contribution in [0, 0.1) is 5.41 Å². The molecule has 0 radical (unpaired) electrons. The molecule has 0 heteroatoms. The molecular weight excluding hydrogens is 156 g/mol. The van der Waals surface area contributed by atoms with Gasteiger partial charge in [-0.2, -0.15) is 0 Å². The molecule has 0 aromatic heterocycles. The molecule has 76 valence electrons. The predicted molar refractivity (Wildman–Crippen MR) is 59.9 cm³/mol. The zero-order valence-corrected chi connectivity index (χ0v) is 9.31. The lowest BCUT2D eigenvalue weighted by atomic mass is 9.71. The van der Waals surface area contributed by atoms with Gasteiger partial charge in [0.25, 0.3) is 0 Å². The molecule has 0 amide bonds. The van der Waals surface area contributed by atoms with Gasteiger partial charge in [0.05, 0.1) is 0 Å². The normalized spacial score (nSPS) is 22.3. The molecule has 1 aliphatic carbocycles. The van der Waals surface area contributed by atoms with E-state index in [0.717, 1.165) is 0 Å². The van der Waals surface area contributed by atoms with E-state index in [2.05, 4.69) is 26.0 Å². The summed E-state index contributed by atoms with van der Waals surface area (Å²) in [4.78, 5) is 0. The van der Waals surface area contributed by atoms with Gasteiger partial charge >= 0.3 is 0 Å². The van der Waals surface area contributed by atoms with Crippen LogP contribution in [0.1, 0.15) is 65.2 Å². The van der Waals surface area contributed by atoms with E-state index in [0.29, 0.717) is 5.41 Å². The summed E-state index contributed by atoms with van der Waals surface area (Å²) < 4.78 is 0. The summed E-state index contributed by atoms with van der Waals surface area (Å²) in [6.45, 7) is 4.47. The Morgan fingerprint density at radius 2 is 1.85 bits per heavy atom. The zero-order valence-electron chi connectivity index (χ0n) is 9.31. The quantitative estimate of drug-likeness (QED) is 0.550. The third-order valence-corrected chi connectivity index (χ3v) is 3.40. The lowest BCUT2D eigenvalue weighted by molar-refractivity contribution is 0.233. The molecule has 1 fully saturated rings. The van der Waals surface area contributed by atoms with Gasteiger partial charge in [0.2, 0.25) is 0 Å². The molecular formula is C13H24. The van der Waals surface area contributed by atoms with Crippen molar-refractivity contribution in [2.24, 2.45) is 5.41 Å². The van der Waals surface area contributed by atoms with Crippen LogP contribution in [-0.2, 0) is 0 Å². The van der Waals surface area contributed by atoms with Crippen molar-refractivity contribution >= 4 is 0 Å². The Hall–Kier alpha value is -0.260. The first-order valence-electron chi connectivity index (χ1n) is 5.97. The number of allylic oxidation sites excluding steroid dienone is 2. The second-order valence-corrected chi connectivity index (χ2v) is 4.53. The van der Waals surface area contributed by atoms with Gasteiger partial charge in [-0.05, 0) is 31.6 Å². The minimum atomic E-state index is 0.600. The number of hydrogen-bond acceptors (Lipinski definition) is 0. The molecule has 1 aliphatic rings. The van der Waals surface area contributed by atoms with Gasteiger partial charge in [0.15, 0.2) is 0 Å². The second kappa shape index (κ2) is 5.47. The van der Waals surface area contributed by atoms with Crippen molar-refractivity contribution in [3.05, 3.63) is 12.2 Å². The third kappa shape index (κ3) is 3.17. The highest BCUT2D eigenvalue weighted by Gasteiger charge is 2.27. The Bertz CT molecular complexity index is 149. The highest BCUT2D eigenvalue weighted by atomic mass is 14.3. The zero-order chi connectivity index (χ0) is 9.57. The fourth-order valence-corrected chi connectivity index (χ4v) is 2.64. The standard InChI is InChI=1S/C13H24/c1-3-5-10-13(9-4-2)11-7-6-8-12-13/h4,9H,3,5-8,10-12H2,1-2H3. The maximum atomic E-state index is 2.49. The fraction of sp³-hybridized carbons (Fsp3) is 0.846. The maximum Gasteiger partial charge on any atom is -0.0118 e. The lowest BCUT2D eigenvalue weighted by Gasteiger charge is -2.34. The molecule has 13 heavy (non-hydrogen) atoms. The smallest absolute Gasteiger partial charge is 0.0118 e. The second-order valence-electron chi connectivity index (χ2n) is 4.53. The van der Waals surface area contributed by atoms with Crippen LogP contribution in [0.4, 0.5) is 0 Å². The third-order valence-electron chi connectivity index (χ3n) is 3.40. The molecule has 0 heterocycles. The predicted octanol–water partition coefficient (Wildman–Crippen LogP) is 4.70. The van der Waals surface area contributed by atoms with Crippen LogP contribution < -0.4 is 0 Å². The molecule has 0 aromatic carbocycles. The van der Waals surface area contributed by atoms with Crippen LogP contribution in [-0.4, -0.2) is 0 Å². The average Bonchev–Trinajstić information content (AvgIpc) is 2.17. The van der Waals surface area contributed by atoms with Crippen molar-refractivity contribution in [2.45, 2.75) is 65.2 Å². The highest BCUT2D eigenvalue weighted by Crippen LogP contribution is 2.41. The summed E-state index contributed by atoms with van der Waals surface area (Å²) in [6, 6.07) is 0. The molecule has 0 aliphatic heterocycles. The molecule has 0 atom stereocenters. The first kappa shape index (κ1) is 10.8. The monoisotopic (exact) mass is 180 g/mol. The van der Waals surface area contributed by atoms with Crippen LogP contribution in [0.5, 0.6) is 0 Å². The number of rotatable bonds is 4. The van der Waals surface area contributed by atoms with Gasteiger partial charge in [0.1, 0.15) is 0 Å². The van der Waals surface area contributed by atoms with E-state index < -0.39 is 0 Å². The SMILES string of the molecule is CC=CC1(CCCC)CCCCC1. The molecule has 0 spiro atoms. The molecule has 0 N–H and O–H groups in total. The van der Waals surface area contributed by atoms with E-state index in [1.165, 1.54) is 51.4 Å². The molecule has 0 aromatic rings. The van der Waals surface area contributed by atoms with Gasteiger partial charge in [-0.3, -0.25) is 0 Å². The van der Waals surface area contributed by atoms with Crippen molar-refractivity contribution in [3.63, 3.8) is 0 Å². The minimum Gasteiger partial charge on any atom is -0.0911 e. The summed E-state index contributed by atoms with van der Waals surface area (Å²) in [7, 11) is 0. The van der Waals surface area contributed by atoms with E-state index >= 15 is 0 Å². The molecule has 0 saturated heterocycles. The summed E-state index contributed by atoms with van der Waals surface area (Å²) in [5.74, 6) is 0. The van der Waals surface area contributed by atoms with Crippen molar-refractivity contribution in [2.75, 3.05) is 0 Å². The first-order chi connectivity index (χ1) is 6.33. The first-order valence-corrected chi connectivity index (χ1v) is 5.97. The number of unbranched alkanes of at least 4 members (excludes halogenated alkanes) is 1. The Labute approximate surface area is 83.4 Å². The summed E-state index contributed by atoms with van der Waals surface area (Å²) in [6.07, 6.45) is 16.2. The van der Waals surface area contributed by atoms with Crippen molar-refractivity contribution in [1.82, 2.24) is 0 Å². The molecule has 0 unspecified atom stereocenters. The summed E-state index contributed by atoms with van der Waals surface area (Å²) in [5, 5.41) is 0. The summed E-state index contributed by atoms with van der Waals surface area (Å²) in [5.41, 5.74) is 0.600. The average molecular weight is 180 g/mol. The van der Waals surface area contributed by atoms with Gasteiger partial charge in [0, 0.05) is 0 Å². The van der Waals surface area contributed by atoms with E-state index in [9.17, 15) is 0 Å². The molecule has 1 rings (SSSR count). The van der Waals surface area contributed by atoms with Crippen LogP contribution >= 0.6 is 0 Å². The molecule has 1 saturated carbocycles. The maximum absolute atomic E-state index is 2.49. The molecule has 0 bridgehead atoms. The van der Waals surface area contributed by atoms with Gasteiger partial charge in [-0.1, -0.05) is 51.2 Å². The van der Waals surface area contributed by atoms with Crippen molar-refractivity contribution < 1.29 is 0 Å². The molecule has 0 nitrogen and oxygen atoms in total. The fourth-order valence-electron chi connectivity index (χ4n) is 2.64. The summed E-state index contributed by atoms with van der Waals surface area (Å²) >= 11 is 0. The number of hydrogen-bond donors (Lipinski definition) is 0. The van der Waals surface area contributed by atoms with Crippen LogP contribution in [0.15, 0.2) is 12.2 Å². The van der Waals surface area contributed by atoms with Crippen molar-refractivity contribution in [1.29, 1.82) is 0 Å². The van der Waals surface area contributed by atoms with E-state index in [-0.39, 0.29) is 0 Å². The van der Waals surface area contributed by atoms with Crippen LogP contribution in [0.2, 0.25) is 0 Å². The van der Waals surface area contributed by atoms with E-state index in [1.807, 2.05) is 0 Å². The van der Waals surface area contributed by atoms with Gasteiger partial charge in [-0.15, -0.1) is 0 Å². The topological polar surface area (TPSA) is 0 Å².